The Morgan fingerprint density at radius 2 is 1.05 bits per heavy atom. The Balaban J connectivity index is 1.08. The summed E-state index contributed by atoms with van der Waals surface area (Å²) >= 11 is 2.11. The lowest BCUT2D eigenvalue weighted by atomic mass is 9.36. The van der Waals surface area contributed by atoms with E-state index in [1.165, 1.54) is 151 Å². The first-order valence-corrected chi connectivity index (χ1v) is 30.6. The van der Waals surface area contributed by atoms with Crippen LogP contribution in [0.15, 0.2) is 103 Å². The SMILES string of the molecule is CC(C)(C)c1ccc2c(c1)N(c1ccc3c(c1)C(C)(C)CCC3(C)C)c1cc(C(C)(C)C)cc3c1B2c1sc2cc4c(cc2c1N3c1cccc2c1-c1ccccc1C21C2CC3CC(C2)CC1C3)C(C)(C)CCC4(C)C. The van der Waals surface area contributed by atoms with Gasteiger partial charge in [-0.1, -0.05) is 152 Å². The van der Waals surface area contributed by atoms with E-state index in [-0.39, 0.29) is 44.6 Å². The third-order valence-corrected chi connectivity index (χ3v) is 23.5. The van der Waals surface area contributed by atoms with Crippen molar-refractivity contribution in [3.8, 4) is 11.1 Å². The molecule has 0 saturated heterocycles. The standard InChI is InChI=1S/C72H81BN2S/c1-66(2,3)43-22-25-56-58(35-43)74(47-23-24-51-53(38-47)69(9,10)27-26-68(51,7)8)59-36-44(67(4,5)6)37-60-63(59)73(56)65-64(49-39-54-55(40-61(49)76-65)71(13,14)29-28-70(54,11)12)75(60)57-21-17-20-52-62(57)48-18-15-16-19-50(48)72(52)45-31-41-30-42(33-45)34-46(72)32-41/h15-25,35-42,45-46H,26-34H2,1-14H3. The van der Waals surface area contributed by atoms with Crippen LogP contribution in [0.4, 0.5) is 34.1 Å². The average Bonchev–Trinajstić information content (AvgIpc) is 4.11. The van der Waals surface area contributed by atoms with E-state index < -0.39 is 0 Å². The summed E-state index contributed by atoms with van der Waals surface area (Å²) in [6, 6.07) is 43.5. The van der Waals surface area contributed by atoms with Crippen LogP contribution in [0.5, 0.6) is 0 Å². The molecule has 16 rings (SSSR count). The highest BCUT2D eigenvalue weighted by Crippen LogP contribution is 2.71. The molecule has 4 fully saturated rings. The van der Waals surface area contributed by atoms with E-state index in [0.717, 1.165) is 11.8 Å². The summed E-state index contributed by atoms with van der Waals surface area (Å²) in [5, 5.41) is 1.43. The molecule has 4 bridgehead atoms. The molecule has 0 amide bonds. The van der Waals surface area contributed by atoms with E-state index in [1.807, 2.05) is 0 Å². The van der Waals surface area contributed by atoms with Gasteiger partial charge in [0, 0.05) is 48.6 Å². The normalized spacial score (nSPS) is 26.2. The van der Waals surface area contributed by atoms with Gasteiger partial charge in [-0.15, -0.1) is 11.3 Å². The van der Waals surface area contributed by atoms with Crippen LogP contribution in [0, 0.1) is 23.7 Å². The number of nitrogens with zero attached hydrogens (tertiary/aromatic N) is 2. The largest absolute Gasteiger partial charge is 0.311 e. The van der Waals surface area contributed by atoms with Crippen molar-refractivity contribution in [3.05, 3.63) is 148 Å². The van der Waals surface area contributed by atoms with Gasteiger partial charge >= 0.3 is 0 Å². The molecule has 7 aromatic rings. The van der Waals surface area contributed by atoms with Crippen LogP contribution in [0.3, 0.4) is 0 Å². The van der Waals surface area contributed by atoms with E-state index in [2.05, 4.69) is 221 Å². The predicted octanol–water partition coefficient (Wildman–Crippen LogP) is 18.0. The summed E-state index contributed by atoms with van der Waals surface area (Å²) in [5.74, 6) is 3.20. The maximum atomic E-state index is 2.89. The first kappa shape index (κ1) is 48.1. The van der Waals surface area contributed by atoms with E-state index >= 15 is 0 Å². The van der Waals surface area contributed by atoms with Gasteiger partial charge in [-0.2, -0.15) is 0 Å². The number of benzene rings is 6. The van der Waals surface area contributed by atoms with Gasteiger partial charge in [0.1, 0.15) is 0 Å². The zero-order chi connectivity index (χ0) is 52.8. The van der Waals surface area contributed by atoms with Crippen molar-refractivity contribution in [3.63, 3.8) is 0 Å². The van der Waals surface area contributed by atoms with E-state index in [1.54, 1.807) is 22.3 Å². The van der Waals surface area contributed by atoms with Gasteiger partial charge in [-0.3, -0.25) is 0 Å². The third-order valence-electron chi connectivity index (χ3n) is 22.3. The molecule has 2 aliphatic heterocycles. The summed E-state index contributed by atoms with van der Waals surface area (Å²) in [4.78, 5) is 5.64. The Bertz CT molecular complexity index is 3650. The molecule has 7 aliphatic carbocycles. The van der Waals surface area contributed by atoms with Crippen LogP contribution in [0.25, 0.3) is 21.2 Å². The second-order valence-corrected chi connectivity index (χ2v) is 31.8. The van der Waals surface area contributed by atoms with Gasteiger partial charge in [0.15, 0.2) is 0 Å². The Hall–Kier alpha value is -5.06. The second-order valence-electron chi connectivity index (χ2n) is 30.7. The Kier molecular flexibility index (Phi) is 9.61. The monoisotopic (exact) mass is 1020 g/mol. The molecule has 1 aromatic heterocycles. The van der Waals surface area contributed by atoms with Crippen molar-refractivity contribution in [2.75, 3.05) is 9.80 Å². The summed E-state index contributed by atoms with van der Waals surface area (Å²) in [7, 11) is 0. The molecule has 6 aromatic carbocycles. The molecule has 4 heteroatoms. The van der Waals surface area contributed by atoms with Crippen LogP contribution in [0.2, 0.25) is 0 Å². The Morgan fingerprint density at radius 3 is 1.70 bits per heavy atom. The van der Waals surface area contributed by atoms with Gasteiger partial charge in [-0.25, -0.2) is 0 Å². The molecule has 0 atom stereocenters. The van der Waals surface area contributed by atoms with Gasteiger partial charge in [0.25, 0.3) is 6.71 Å². The number of thiophene rings is 1. The topological polar surface area (TPSA) is 6.48 Å². The fraction of sp³-hybridized carbons (Fsp3) is 0.472. The molecule has 3 heterocycles. The highest BCUT2D eigenvalue weighted by atomic mass is 32.1. The van der Waals surface area contributed by atoms with Crippen LogP contribution in [0.1, 0.15) is 199 Å². The highest BCUT2D eigenvalue weighted by molar-refractivity contribution is 7.33. The minimum absolute atomic E-state index is 0.0231. The van der Waals surface area contributed by atoms with Gasteiger partial charge in [0.05, 0.1) is 11.4 Å². The van der Waals surface area contributed by atoms with Crippen molar-refractivity contribution < 1.29 is 0 Å². The zero-order valence-electron chi connectivity index (χ0n) is 48.4. The number of anilines is 6. The summed E-state index contributed by atoms with van der Waals surface area (Å²) in [6.45, 7) is 34.6. The summed E-state index contributed by atoms with van der Waals surface area (Å²) in [5.41, 5.74) is 26.5. The summed E-state index contributed by atoms with van der Waals surface area (Å²) < 4.78 is 2.93. The van der Waals surface area contributed by atoms with Crippen molar-refractivity contribution in [1.82, 2.24) is 0 Å². The quantitative estimate of drug-likeness (QED) is 0.159. The number of rotatable bonds is 2. The molecule has 0 N–H and O–H groups in total. The molecule has 4 saturated carbocycles. The lowest BCUT2D eigenvalue weighted by Gasteiger charge is -2.61. The minimum Gasteiger partial charge on any atom is -0.311 e. The van der Waals surface area contributed by atoms with Crippen LogP contribution in [-0.2, 0) is 37.9 Å². The maximum absolute atomic E-state index is 2.89. The van der Waals surface area contributed by atoms with Crippen molar-refractivity contribution in [2.24, 2.45) is 23.7 Å². The molecule has 0 radical (unpaired) electrons. The molecular formula is C72H81BN2S. The lowest BCUT2D eigenvalue weighted by Crippen LogP contribution is -2.60. The number of fused-ring (bicyclic) bond motifs is 11. The molecule has 1 spiro atoms. The fourth-order valence-electron chi connectivity index (χ4n) is 18.0. The first-order chi connectivity index (χ1) is 35.9. The Labute approximate surface area is 460 Å². The molecular weight excluding hydrogens is 936 g/mol. The molecule has 388 valence electrons. The van der Waals surface area contributed by atoms with E-state index in [9.17, 15) is 0 Å². The van der Waals surface area contributed by atoms with Crippen molar-refractivity contribution >= 4 is 78.0 Å². The molecule has 9 aliphatic rings. The Morgan fingerprint density at radius 1 is 0.487 bits per heavy atom. The van der Waals surface area contributed by atoms with Crippen LogP contribution < -0.4 is 25.5 Å². The van der Waals surface area contributed by atoms with Crippen LogP contribution >= 0.6 is 11.3 Å². The fourth-order valence-corrected chi connectivity index (χ4v) is 19.4. The van der Waals surface area contributed by atoms with Crippen molar-refractivity contribution in [1.29, 1.82) is 0 Å². The number of hydrogen-bond donors (Lipinski definition) is 0. The molecule has 76 heavy (non-hydrogen) atoms. The molecule has 0 unspecified atom stereocenters. The number of hydrogen-bond acceptors (Lipinski definition) is 3. The third kappa shape index (κ3) is 6.35. The smallest absolute Gasteiger partial charge is 0.264 e. The average molecular weight is 1020 g/mol. The second kappa shape index (κ2) is 15.2. The highest BCUT2D eigenvalue weighted by Gasteiger charge is 2.62. The van der Waals surface area contributed by atoms with Gasteiger partial charge < -0.3 is 9.80 Å². The van der Waals surface area contributed by atoms with Crippen molar-refractivity contribution in [2.45, 2.75) is 193 Å². The van der Waals surface area contributed by atoms with Crippen LogP contribution in [-0.4, -0.2) is 6.71 Å². The molecule has 2 nitrogen and oxygen atoms in total. The zero-order valence-corrected chi connectivity index (χ0v) is 49.2. The van der Waals surface area contributed by atoms with E-state index in [4.69, 9.17) is 0 Å². The minimum atomic E-state index is -0.116. The van der Waals surface area contributed by atoms with Gasteiger partial charge in [-0.05, 0) is 223 Å². The van der Waals surface area contributed by atoms with E-state index in [0.29, 0.717) is 11.8 Å². The lowest BCUT2D eigenvalue weighted by molar-refractivity contribution is -0.0399. The predicted molar refractivity (Wildman–Crippen MR) is 327 cm³/mol. The summed E-state index contributed by atoms with van der Waals surface area (Å²) in [6.07, 6.45) is 11.8. The maximum Gasteiger partial charge on any atom is 0.264 e. The van der Waals surface area contributed by atoms with Gasteiger partial charge in [0.2, 0.25) is 0 Å². The first-order valence-electron chi connectivity index (χ1n) is 29.8.